The number of likely N-dealkylation sites (N-methyl/N-ethyl adjacent to an activating group) is 1. The normalized spacial score (nSPS) is 18.9. The molecule has 9 nitrogen and oxygen atoms in total. The number of hydrogen-bond donors (Lipinski definition) is 3. The first-order valence-electron chi connectivity index (χ1n) is 8.56. The molecular weight excluding hydrogens is 352 g/mol. The molecule has 3 rings (SSSR count). The number of hydrogen-bond acceptors (Lipinski definition) is 7. The number of rotatable bonds is 4. The lowest BCUT2D eigenvalue weighted by molar-refractivity contribution is -0.123. The Bertz CT molecular complexity index is 790. The highest BCUT2D eigenvalue weighted by Crippen LogP contribution is 2.33. The van der Waals surface area contributed by atoms with Crippen molar-refractivity contribution in [2.24, 2.45) is 0 Å². The number of nitrogens with zero attached hydrogens (tertiary/aromatic N) is 2. The van der Waals surface area contributed by atoms with Gasteiger partial charge in [0.2, 0.25) is 0 Å². The predicted octanol–water partition coefficient (Wildman–Crippen LogP) is -0.102. The second kappa shape index (κ2) is 7.77. The molecule has 1 aromatic carbocycles. The van der Waals surface area contributed by atoms with Gasteiger partial charge in [0.15, 0.2) is 11.5 Å². The average Bonchev–Trinajstić information content (AvgIpc) is 2.62. The quantitative estimate of drug-likeness (QED) is 0.498. The third-order valence-electron chi connectivity index (χ3n) is 4.64. The maximum absolute atomic E-state index is 11.9. The smallest absolute Gasteiger partial charge is 0.328 e. The minimum absolute atomic E-state index is 0.0336. The molecule has 0 unspecified atom stereocenters. The van der Waals surface area contributed by atoms with Gasteiger partial charge in [0.05, 0.1) is 7.11 Å². The molecule has 4 amide bonds. The molecule has 0 aliphatic carbocycles. The summed E-state index contributed by atoms with van der Waals surface area (Å²) in [4.78, 5) is 39.5. The Hall–Kier alpha value is -2.91. The van der Waals surface area contributed by atoms with Gasteiger partial charge in [-0.2, -0.15) is 0 Å². The maximum atomic E-state index is 11.9. The van der Waals surface area contributed by atoms with E-state index in [0.29, 0.717) is 17.7 Å². The van der Waals surface area contributed by atoms with E-state index in [2.05, 4.69) is 16.8 Å². The Morgan fingerprint density at radius 2 is 1.74 bits per heavy atom. The van der Waals surface area contributed by atoms with E-state index < -0.39 is 17.8 Å². The molecule has 0 saturated carbocycles. The molecule has 0 radical (unpaired) electrons. The molecule has 2 fully saturated rings. The van der Waals surface area contributed by atoms with E-state index in [1.54, 1.807) is 6.07 Å². The van der Waals surface area contributed by atoms with Crippen LogP contribution in [-0.4, -0.2) is 73.1 Å². The number of amides is 4. The number of nitrogens with one attached hydrogen (secondary N) is 2. The molecule has 2 aliphatic rings. The Balaban J connectivity index is 1.90. The van der Waals surface area contributed by atoms with Gasteiger partial charge in [0.1, 0.15) is 5.57 Å². The van der Waals surface area contributed by atoms with Gasteiger partial charge >= 0.3 is 6.03 Å². The molecule has 0 spiro atoms. The average molecular weight is 374 g/mol. The van der Waals surface area contributed by atoms with Gasteiger partial charge in [-0.05, 0) is 30.8 Å². The van der Waals surface area contributed by atoms with Crippen LogP contribution in [0, 0.1) is 0 Å². The van der Waals surface area contributed by atoms with Crippen LogP contribution in [0.5, 0.6) is 11.5 Å². The van der Waals surface area contributed by atoms with E-state index in [4.69, 9.17) is 4.74 Å². The molecule has 2 saturated heterocycles. The molecule has 2 aliphatic heterocycles. The van der Waals surface area contributed by atoms with E-state index in [9.17, 15) is 19.5 Å². The van der Waals surface area contributed by atoms with Crippen molar-refractivity contribution < 1.29 is 24.2 Å². The fourth-order valence-corrected chi connectivity index (χ4v) is 3.07. The molecule has 3 N–H and O–H groups in total. The summed E-state index contributed by atoms with van der Waals surface area (Å²) in [7, 11) is 3.50. The van der Waals surface area contributed by atoms with Crippen molar-refractivity contribution >= 4 is 23.9 Å². The van der Waals surface area contributed by atoms with Crippen molar-refractivity contribution in [2.45, 2.75) is 6.54 Å². The van der Waals surface area contributed by atoms with Crippen LogP contribution in [0.15, 0.2) is 17.7 Å². The molecule has 9 heteroatoms. The number of benzene rings is 1. The highest BCUT2D eigenvalue weighted by Gasteiger charge is 2.28. The summed E-state index contributed by atoms with van der Waals surface area (Å²) in [5.74, 6) is -1.25. The van der Waals surface area contributed by atoms with E-state index in [1.807, 2.05) is 10.6 Å². The summed E-state index contributed by atoms with van der Waals surface area (Å²) < 4.78 is 5.23. The lowest BCUT2D eigenvalue weighted by Crippen LogP contribution is -2.51. The second-order valence-electron chi connectivity index (χ2n) is 6.61. The summed E-state index contributed by atoms with van der Waals surface area (Å²) in [6, 6.07) is 2.40. The molecule has 0 bridgehead atoms. The summed E-state index contributed by atoms with van der Waals surface area (Å²) in [6.07, 6.45) is 1.37. The standard InChI is InChI=1S/C18H22N4O5/c1-21-3-5-22(6-4-21)10-12-7-11(9-14(27-2)15(12)23)8-13-16(24)19-18(26)20-17(13)25/h7-9,23H,3-6,10H2,1-2H3,(H2,19,20,24,25,26). The first-order chi connectivity index (χ1) is 12.9. The van der Waals surface area contributed by atoms with Gasteiger partial charge in [-0.3, -0.25) is 25.1 Å². The fraction of sp³-hybridized carbons (Fsp3) is 0.389. The summed E-state index contributed by atoms with van der Waals surface area (Å²) >= 11 is 0. The number of piperazine rings is 1. The lowest BCUT2D eigenvalue weighted by Gasteiger charge is -2.32. The van der Waals surface area contributed by atoms with Crippen LogP contribution in [0.25, 0.3) is 6.08 Å². The molecule has 27 heavy (non-hydrogen) atoms. The number of phenolic OH excluding ortho intramolecular Hbond substituents is 1. The number of carbonyl (C=O) groups excluding carboxylic acids is 3. The van der Waals surface area contributed by atoms with Crippen molar-refractivity contribution in [1.29, 1.82) is 0 Å². The monoisotopic (exact) mass is 374 g/mol. The zero-order chi connectivity index (χ0) is 19.6. The van der Waals surface area contributed by atoms with Crippen LogP contribution in [0.3, 0.4) is 0 Å². The van der Waals surface area contributed by atoms with Crippen molar-refractivity contribution in [3.8, 4) is 11.5 Å². The highest BCUT2D eigenvalue weighted by atomic mass is 16.5. The Kier molecular flexibility index (Phi) is 5.43. The van der Waals surface area contributed by atoms with E-state index in [1.165, 1.54) is 19.3 Å². The van der Waals surface area contributed by atoms with Crippen molar-refractivity contribution in [3.63, 3.8) is 0 Å². The Labute approximate surface area is 156 Å². The summed E-state index contributed by atoms with van der Waals surface area (Å²) in [5, 5.41) is 14.5. The number of aromatic hydroxyl groups is 1. The van der Waals surface area contributed by atoms with Gasteiger partial charge in [0.25, 0.3) is 11.8 Å². The van der Waals surface area contributed by atoms with Crippen LogP contribution >= 0.6 is 0 Å². The SMILES string of the molecule is COc1cc(C=C2C(=O)NC(=O)NC2=O)cc(CN2CCN(C)CC2)c1O. The van der Waals surface area contributed by atoms with Crippen molar-refractivity contribution in [2.75, 3.05) is 40.3 Å². The molecular formula is C18H22N4O5. The predicted molar refractivity (Wildman–Crippen MR) is 97.1 cm³/mol. The number of methoxy groups -OCH3 is 1. The third-order valence-corrected chi connectivity index (χ3v) is 4.64. The van der Waals surface area contributed by atoms with Crippen molar-refractivity contribution in [3.05, 3.63) is 28.8 Å². The van der Waals surface area contributed by atoms with E-state index in [0.717, 1.165) is 26.2 Å². The van der Waals surface area contributed by atoms with Gasteiger partial charge in [-0.15, -0.1) is 0 Å². The van der Waals surface area contributed by atoms with Crippen LogP contribution in [0.1, 0.15) is 11.1 Å². The number of barbiturate groups is 1. The fourth-order valence-electron chi connectivity index (χ4n) is 3.07. The van der Waals surface area contributed by atoms with Crippen LogP contribution in [0.2, 0.25) is 0 Å². The topological polar surface area (TPSA) is 111 Å². The van der Waals surface area contributed by atoms with Crippen LogP contribution < -0.4 is 15.4 Å². The molecule has 144 valence electrons. The number of carbonyl (C=O) groups is 3. The molecule has 0 atom stereocenters. The Morgan fingerprint density at radius 3 is 2.33 bits per heavy atom. The third kappa shape index (κ3) is 4.26. The van der Waals surface area contributed by atoms with Gasteiger partial charge < -0.3 is 14.7 Å². The van der Waals surface area contributed by atoms with Crippen LogP contribution in [0.4, 0.5) is 4.79 Å². The minimum Gasteiger partial charge on any atom is -0.504 e. The van der Waals surface area contributed by atoms with Crippen molar-refractivity contribution in [1.82, 2.24) is 20.4 Å². The molecule has 1 aromatic rings. The zero-order valence-electron chi connectivity index (χ0n) is 15.2. The minimum atomic E-state index is -0.846. The number of ether oxygens (including phenoxy) is 1. The number of imide groups is 2. The van der Waals surface area contributed by atoms with Gasteiger partial charge in [-0.1, -0.05) is 0 Å². The maximum Gasteiger partial charge on any atom is 0.328 e. The first kappa shape index (κ1) is 18.9. The van der Waals surface area contributed by atoms with Gasteiger partial charge in [0, 0.05) is 38.3 Å². The largest absolute Gasteiger partial charge is 0.504 e. The highest BCUT2D eigenvalue weighted by molar-refractivity contribution is 6.31. The van der Waals surface area contributed by atoms with E-state index in [-0.39, 0.29) is 17.1 Å². The molecule has 0 aromatic heterocycles. The second-order valence-corrected chi connectivity index (χ2v) is 6.61. The number of phenols is 1. The van der Waals surface area contributed by atoms with E-state index >= 15 is 0 Å². The summed E-state index contributed by atoms with van der Waals surface area (Å²) in [6.45, 7) is 4.14. The first-order valence-corrected chi connectivity index (χ1v) is 8.56. The van der Waals surface area contributed by atoms with Crippen LogP contribution in [-0.2, 0) is 16.1 Å². The van der Waals surface area contributed by atoms with Gasteiger partial charge in [-0.25, -0.2) is 4.79 Å². The zero-order valence-corrected chi connectivity index (χ0v) is 15.2. The molecule has 2 heterocycles. The number of urea groups is 1. The summed E-state index contributed by atoms with van der Waals surface area (Å²) in [5.41, 5.74) is 0.967. The lowest BCUT2D eigenvalue weighted by atomic mass is 10.0. The Morgan fingerprint density at radius 1 is 1.11 bits per heavy atom.